The van der Waals surface area contributed by atoms with Crippen molar-refractivity contribution in [2.24, 2.45) is 5.92 Å². The second-order valence-corrected chi connectivity index (χ2v) is 3.55. The van der Waals surface area contributed by atoms with Crippen molar-refractivity contribution in [2.75, 3.05) is 6.61 Å². The Labute approximate surface area is 82.0 Å². The van der Waals surface area contributed by atoms with E-state index in [4.69, 9.17) is 4.74 Å². The van der Waals surface area contributed by atoms with Crippen LogP contribution in [-0.2, 0) is 0 Å². The van der Waals surface area contributed by atoms with Crippen molar-refractivity contribution in [1.82, 2.24) is 0 Å². The number of hydrogen-bond acceptors (Lipinski definition) is 3. The van der Waals surface area contributed by atoms with E-state index in [1.165, 1.54) is 18.9 Å². The Kier molecular flexibility index (Phi) is 2.39. The number of hydrogen-bond donors (Lipinski definition) is 1. The van der Waals surface area contributed by atoms with Crippen LogP contribution in [0.4, 0.5) is 0 Å². The van der Waals surface area contributed by atoms with Crippen LogP contribution in [0.5, 0.6) is 11.5 Å². The highest BCUT2D eigenvalue weighted by molar-refractivity contribution is 5.36. The topological polar surface area (TPSA) is 46.5 Å². The third kappa shape index (κ3) is 2.05. The molecule has 0 heterocycles. The summed E-state index contributed by atoms with van der Waals surface area (Å²) in [7, 11) is 0. The lowest BCUT2D eigenvalue weighted by Crippen LogP contribution is -2.01. The summed E-state index contributed by atoms with van der Waals surface area (Å²) in [5.74, 6) is 0.595. The molecular formula is C11H12O3. The molecule has 1 N–H and O–H groups in total. The van der Waals surface area contributed by atoms with Gasteiger partial charge in [0.25, 0.3) is 0 Å². The molecule has 1 aliphatic carbocycles. The molecule has 0 spiro atoms. The zero-order chi connectivity index (χ0) is 9.97. The van der Waals surface area contributed by atoms with Crippen LogP contribution in [0.1, 0.15) is 12.8 Å². The van der Waals surface area contributed by atoms with E-state index in [2.05, 4.69) is 0 Å². The Morgan fingerprint density at radius 3 is 2.79 bits per heavy atom. The predicted octanol–water partition coefficient (Wildman–Crippen LogP) is 1.54. The number of ether oxygens (including phenoxy) is 1. The minimum absolute atomic E-state index is 0.284. The van der Waals surface area contributed by atoms with Gasteiger partial charge in [-0.2, -0.15) is 0 Å². The Bertz CT molecular complexity index is 383. The summed E-state index contributed by atoms with van der Waals surface area (Å²) in [5, 5.41) is 9.45. The summed E-state index contributed by atoms with van der Waals surface area (Å²) in [6.45, 7) is 0.594. The average molecular weight is 192 g/mol. The summed E-state index contributed by atoms with van der Waals surface area (Å²) < 4.78 is 5.35. The van der Waals surface area contributed by atoms with Gasteiger partial charge in [-0.15, -0.1) is 0 Å². The van der Waals surface area contributed by atoms with E-state index in [1.807, 2.05) is 0 Å². The second kappa shape index (κ2) is 3.70. The normalized spacial score (nSPS) is 15.1. The fraction of sp³-hybridized carbons (Fsp3) is 0.364. The highest BCUT2D eigenvalue weighted by Crippen LogP contribution is 2.30. The first kappa shape index (κ1) is 9.06. The second-order valence-electron chi connectivity index (χ2n) is 3.55. The van der Waals surface area contributed by atoms with E-state index in [0.29, 0.717) is 12.5 Å². The molecule has 0 saturated heterocycles. The minimum atomic E-state index is -0.402. The average Bonchev–Trinajstić information content (AvgIpc) is 2.98. The van der Waals surface area contributed by atoms with Crippen LogP contribution < -0.4 is 10.2 Å². The largest absolute Gasteiger partial charge is 0.502 e. The zero-order valence-electron chi connectivity index (χ0n) is 7.77. The molecular weight excluding hydrogens is 180 g/mol. The van der Waals surface area contributed by atoms with Gasteiger partial charge in [0, 0.05) is 0 Å². The molecule has 0 atom stereocenters. The van der Waals surface area contributed by atoms with Crippen LogP contribution in [0.25, 0.3) is 0 Å². The molecule has 74 valence electrons. The van der Waals surface area contributed by atoms with Gasteiger partial charge >= 0.3 is 0 Å². The Balaban J connectivity index is 2.19. The van der Waals surface area contributed by atoms with Gasteiger partial charge in [0.15, 0.2) is 5.75 Å². The Morgan fingerprint density at radius 2 is 2.07 bits per heavy atom. The predicted molar refractivity (Wildman–Crippen MR) is 52.6 cm³/mol. The molecule has 0 aliphatic heterocycles. The standard InChI is InChI=1S/C11H12O3/c12-9-3-1-2-4-10(11(9)13)14-7-8-5-6-8/h1-4,8H,5-7H2,(H,12,13). The molecule has 1 fully saturated rings. The van der Waals surface area contributed by atoms with Gasteiger partial charge in [-0.05, 0) is 30.9 Å². The molecule has 3 heteroatoms. The van der Waals surface area contributed by atoms with Gasteiger partial charge in [0.05, 0.1) is 6.61 Å². The molecule has 1 saturated carbocycles. The molecule has 0 bridgehead atoms. The summed E-state index contributed by atoms with van der Waals surface area (Å²) in [6, 6.07) is 6.20. The first-order chi connectivity index (χ1) is 6.77. The van der Waals surface area contributed by atoms with Gasteiger partial charge < -0.3 is 9.84 Å². The van der Waals surface area contributed by atoms with E-state index < -0.39 is 5.43 Å². The van der Waals surface area contributed by atoms with E-state index in [9.17, 15) is 9.90 Å². The maximum Gasteiger partial charge on any atom is 0.224 e. The van der Waals surface area contributed by atoms with E-state index in [-0.39, 0.29) is 11.5 Å². The maximum absolute atomic E-state index is 11.2. The Morgan fingerprint density at radius 1 is 1.36 bits per heavy atom. The molecule has 1 aromatic carbocycles. The van der Waals surface area contributed by atoms with E-state index in [1.54, 1.807) is 18.2 Å². The summed E-state index contributed by atoms with van der Waals surface area (Å²) in [6.07, 6.45) is 2.37. The first-order valence-corrected chi connectivity index (χ1v) is 4.72. The van der Waals surface area contributed by atoms with Gasteiger partial charge in [-0.3, -0.25) is 4.79 Å². The van der Waals surface area contributed by atoms with Crippen LogP contribution in [0.3, 0.4) is 0 Å². The van der Waals surface area contributed by atoms with Crippen molar-refractivity contribution < 1.29 is 9.84 Å². The van der Waals surface area contributed by atoms with Gasteiger partial charge in [0.2, 0.25) is 11.2 Å². The number of rotatable bonds is 3. The van der Waals surface area contributed by atoms with Gasteiger partial charge in [-0.25, -0.2) is 0 Å². The van der Waals surface area contributed by atoms with Crippen molar-refractivity contribution in [2.45, 2.75) is 12.8 Å². The fourth-order valence-electron chi connectivity index (χ4n) is 1.17. The van der Waals surface area contributed by atoms with Crippen molar-refractivity contribution in [3.05, 3.63) is 34.5 Å². The SMILES string of the molecule is O=c1ccccc(OCC2CC2)c1O. The van der Waals surface area contributed by atoms with Crippen molar-refractivity contribution in [3.8, 4) is 11.5 Å². The molecule has 0 aromatic heterocycles. The smallest absolute Gasteiger partial charge is 0.224 e. The molecule has 0 unspecified atom stereocenters. The lowest BCUT2D eigenvalue weighted by atomic mass is 10.4. The molecule has 3 nitrogen and oxygen atoms in total. The Hall–Kier alpha value is -1.51. The lowest BCUT2D eigenvalue weighted by Gasteiger charge is -2.03. The monoisotopic (exact) mass is 192 g/mol. The molecule has 0 radical (unpaired) electrons. The van der Waals surface area contributed by atoms with Gasteiger partial charge in [-0.1, -0.05) is 12.1 Å². The van der Waals surface area contributed by atoms with Crippen molar-refractivity contribution in [1.29, 1.82) is 0 Å². The van der Waals surface area contributed by atoms with Crippen LogP contribution in [-0.4, -0.2) is 11.7 Å². The first-order valence-electron chi connectivity index (χ1n) is 4.72. The summed E-state index contributed by atoms with van der Waals surface area (Å²) >= 11 is 0. The highest BCUT2D eigenvalue weighted by atomic mass is 16.5. The van der Waals surface area contributed by atoms with Crippen LogP contribution >= 0.6 is 0 Å². The third-order valence-electron chi connectivity index (χ3n) is 2.24. The highest BCUT2D eigenvalue weighted by Gasteiger charge is 2.22. The summed E-state index contributed by atoms with van der Waals surface area (Å²) in [5.41, 5.74) is -0.402. The summed E-state index contributed by atoms with van der Waals surface area (Å²) in [4.78, 5) is 11.2. The maximum atomic E-state index is 11.2. The molecule has 1 aliphatic rings. The molecule has 14 heavy (non-hydrogen) atoms. The van der Waals surface area contributed by atoms with Crippen molar-refractivity contribution >= 4 is 0 Å². The van der Waals surface area contributed by atoms with Crippen LogP contribution in [0, 0.1) is 5.92 Å². The zero-order valence-corrected chi connectivity index (χ0v) is 7.77. The lowest BCUT2D eigenvalue weighted by molar-refractivity contribution is 0.284. The van der Waals surface area contributed by atoms with Crippen LogP contribution in [0.15, 0.2) is 29.1 Å². The third-order valence-corrected chi connectivity index (χ3v) is 2.24. The van der Waals surface area contributed by atoms with E-state index >= 15 is 0 Å². The molecule has 2 rings (SSSR count). The quantitative estimate of drug-likeness (QED) is 0.790. The van der Waals surface area contributed by atoms with Crippen LogP contribution in [0.2, 0.25) is 0 Å². The van der Waals surface area contributed by atoms with Gasteiger partial charge in [0.1, 0.15) is 0 Å². The number of aromatic hydroxyl groups is 1. The molecule has 0 amide bonds. The molecule has 1 aromatic rings. The fourth-order valence-corrected chi connectivity index (χ4v) is 1.17. The van der Waals surface area contributed by atoms with E-state index in [0.717, 1.165) is 0 Å². The minimum Gasteiger partial charge on any atom is -0.502 e. The van der Waals surface area contributed by atoms with Crippen molar-refractivity contribution in [3.63, 3.8) is 0 Å².